The van der Waals surface area contributed by atoms with Gasteiger partial charge in [0.15, 0.2) is 0 Å². The van der Waals surface area contributed by atoms with Crippen LogP contribution in [0.25, 0.3) is 10.8 Å². The van der Waals surface area contributed by atoms with Crippen LogP contribution in [0.3, 0.4) is 0 Å². The van der Waals surface area contributed by atoms with Gasteiger partial charge in [-0.05, 0) is 11.5 Å². The lowest BCUT2D eigenvalue weighted by molar-refractivity contribution is -0.254. The Labute approximate surface area is 144 Å². The number of carbonyl (C=O) groups is 1. The van der Waals surface area contributed by atoms with Crippen LogP contribution in [0.2, 0.25) is 0 Å². The highest BCUT2D eigenvalue weighted by atomic mass is 16.4. The Bertz CT molecular complexity index is 908. The molecular formula is C18H16N5O2-. The molecule has 0 atom stereocenters. The molecular weight excluding hydrogens is 318 g/mol. The Kier molecular flexibility index (Phi) is 3.89. The normalized spacial score (nSPS) is 14.7. The number of benzene rings is 1. The van der Waals surface area contributed by atoms with E-state index in [1.807, 2.05) is 18.2 Å². The van der Waals surface area contributed by atoms with Gasteiger partial charge in [0.2, 0.25) is 5.95 Å². The molecule has 0 aliphatic carbocycles. The first-order valence-corrected chi connectivity index (χ1v) is 8.10. The van der Waals surface area contributed by atoms with E-state index in [-0.39, 0.29) is 5.56 Å². The molecule has 1 saturated heterocycles. The van der Waals surface area contributed by atoms with Gasteiger partial charge in [-0.1, -0.05) is 24.3 Å². The predicted octanol–water partition coefficient (Wildman–Crippen LogP) is 0.715. The standard InChI is InChI=1S/C18H17N5O2/c24-17(25)15-12-21-16(14-5-2-1-4-13(14)15)22-8-10-23(11-9-22)18-19-6-3-7-20-18/h1-7,12H,8-11H2,(H,24,25)/p-1. The molecule has 25 heavy (non-hydrogen) atoms. The molecule has 1 fully saturated rings. The van der Waals surface area contributed by atoms with Gasteiger partial charge in [0.25, 0.3) is 0 Å². The van der Waals surface area contributed by atoms with Crippen LogP contribution >= 0.6 is 0 Å². The van der Waals surface area contributed by atoms with E-state index in [2.05, 4.69) is 24.8 Å². The first-order valence-electron chi connectivity index (χ1n) is 8.10. The zero-order chi connectivity index (χ0) is 17.2. The van der Waals surface area contributed by atoms with Crippen LogP contribution in [0.5, 0.6) is 0 Å². The number of aromatic carboxylic acids is 1. The van der Waals surface area contributed by atoms with Gasteiger partial charge < -0.3 is 19.7 Å². The highest BCUT2D eigenvalue weighted by Crippen LogP contribution is 2.28. The lowest BCUT2D eigenvalue weighted by Crippen LogP contribution is -2.47. The Balaban J connectivity index is 1.62. The molecule has 0 bridgehead atoms. The van der Waals surface area contributed by atoms with Crippen molar-refractivity contribution in [2.75, 3.05) is 36.0 Å². The summed E-state index contributed by atoms with van der Waals surface area (Å²) in [5.74, 6) is 0.322. The fourth-order valence-electron chi connectivity index (χ4n) is 3.17. The molecule has 1 aliphatic heterocycles. The smallest absolute Gasteiger partial charge is 0.225 e. The number of nitrogens with zero attached hydrogens (tertiary/aromatic N) is 5. The zero-order valence-corrected chi connectivity index (χ0v) is 13.5. The number of anilines is 2. The van der Waals surface area contributed by atoms with E-state index in [0.717, 1.165) is 43.3 Å². The maximum absolute atomic E-state index is 11.3. The van der Waals surface area contributed by atoms with Gasteiger partial charge in [-0.15, -0.1) is 0 Å². The summed E-state index contributed by atoms with van der Waals surface area (Å²) in [4.78, 5) is 28.6. The predicted molar refractivity (Wildman–Crippen MR) is 92.5 cm³/mol. The minimum Gasteiger partial charge on any atom is -0.545 e. The molecule has 3 heterocycles. The number of pyridine rings is 1. The number of carboxylic acids is 1. The number of hydrogen-bond donors (Lipinski definition) is 0. The number of carbonyl (C=O) groups excluding carboxylic acids is 1. The van der Waals surface area contributed by atoms with E-state index in [9.17, 15) is 9.90 Å². The molecule has 0 radical (unpaired) electrons. The summed E-state index contributed by atoms with van der Waals surface area (Å²) in [5, 5.41) is 12.8. The Morgan fingerprint density at radius 3 is 2.20 bits per heavy atom. The van der Waals surface area contributed by atoms with Crippen LogP contribution in [0.1, 0.15) is 10.4 Å². The van der Waals surface area contributed by atoms with Gasteiger partial charge in [0, 0.05) is 55.7 Å². The average molecular weight is 334 g/mol. The molecule has 2 aromatic heterocycles. The topological polar surface area (TPSA) is 85.3 Å². The van der Waals surface area contributed by atoms with Crippen LogP contribution in [0.15, 0.2) is 48.9 Å². The molecule has 1 aromatic carbocycles. The fourth-order valence-corrected chi connectivity index (χ4v) is 3.17. The number of fused-ring (bicyclic) bond motifs is 1. The average Bonchev–Trinajstić information content (AvgIpc) is 2.68. The van der Waals surface area contributed by atoms with E-state index in [1.54, 1.807) is 24.5 Å². The third-order valence-electron chi connectivity index (χ3n) is 4.41. The number of carboxylic acid groups (broad SMARTS) is 1. The molecule has 0 N–H and O–H groups in total. The number of rotatable bonds is 3. The van der Waals surface area contributed by atoms with Crippen LogP contribution in [-0.2, 0) is 0 Å². The highest BCUT2D eigenvalue weighted by molar-refractivity contribution is 6.05. The quantitative estimate of drug-likeness (QED) is 0.697. The minimum absolute atomic E-state index is 0.121. The van der Waals surface area contributed by atoms with E-state index >= 15 is 0 Å². The van der Waals surface area contributed by atoms with Gasteiger partial charge in [-0.2, -0.15) is 0 Å². The molecule has 126 valence electrons. The van der Waals surface area contributed by atoms with Crippen molar-refractivity contribution in [3.8, 4) is 0 Å². The molecule has 0 spiro atoms. The number of piperazine rings is 1. The summed E-state index contributed by atoms with van der Waals surface area (Å²) in [5.41, 5.74) is 0.121. The third kappa shape index (κ3) is 2.84. The monoisotopic (exact) mass is 334 g/mol. The fraction of sp³-hybridized carbons (Fsp3) is 0.222. The Morgan fingerprint density at radius 1 is 0.880 bits per heavy atom. The highest BCUT2D eigenvalue weighted by Gasteiger charge is 2.21. The second-order valence-corrected chi connectivity index (χ2v) is 5.85. The van der Waals surface area contributed by atoms with Crippen molar-refractivity contribution in [1.82, 2.24) is 15.0 Å². The van der Waals surface area contributed by atoms with Crippen molar-refractivity contribution in [1.29, 1.82) is 0 Å². The molecule has 7 nitrogen and oxygen atoms in total. The van der Waals surface area contributed by atoms with Gasteiger partial charge in [-0.3, -0.25) is 0 Å². The van der Waals surface area contributed by atoms with Crippen LogP contribution in [0.4, 0.5) is 11.8 Å². The second-order valence-electron chi connectivity index (χ2n) is 5.85. The second kappa shape index (κ2) is 6.35. The van der Waals surface area contributed by atoms with E-state index in [1.165, 1.54) is 6.20 Å². The van der Waals surface area contributed by atoms with Crippen molar-refractivity contribution >= 4 is 28.5 Å². The van der Waals surface area contributed by atoms with Crippen LogP contribution in [-0.4, -0.2) is 47.1 Å². The number of hydrogen-bond acceptors (Lipinski definition) is 7. The van der Waals surface area contributed by atoms with Crippen molar-refractivity contribution < 1.29 is 9.90 Å². The Morgan fingerprint density at radius 2 is 1.52 bits per heavy atom. The van der Waals surface area contributed by atoms with Crippen molar-refractivity contribution in [3.05, 3.63) is 54.5 Å². The van der Waals surface area contributed by atoms with Gasteiger partial charge in [0.05, 0.1) is 5.97 Å². The largest absolute Gasteiger partial charge is 0.545 e. The first kappa shape index (κ1) is 15.3. The summed E-state index contributed by atoms with van der Waals surface area (Å²) in [6.45, 7) is 3.09. The van der Waals surface area contributed by atoms with Gasteiger partial charge in [-0.25, -0.2) is 15.0 Å². The first-order chi connectivity index (χ1) is 12.2. The lowest BCUT2D eigenvalue weighted by Gasteiger charge is -2.36. The van der Waals surface area contributed by atoms with Crippen LogP contribution < -0.4 is 14.9 Å². The summed E-state index contributed by atoms with van der Waals surface area (Å²) in [6, 6.07) is 9.20. The van der Waals surface area contributed by atoms with E-state index in [4.69, 9.17) is 0 Å². The van der Waals surface area contributed by atoms with Gasteiger partial charge >= 0.3 is 0 Å². The van der Waals surface area contributed by atoms with Crippen LogP contribution in [0, 0.1) is 0 Å². The Hall–Kier alpha value is -3.22. The number of aromatic nitrogens is 3. The SMILES string of the molecule is O=C([O-])c1cnc(N2CCN(c3ncccn3)CC2)c2ccccc12. The summed E-state index contributed by atoms with van der Waals surface area (Å²) >= 11 is 0. The maximum Gasteiger partial charge on any atom is 0.225 e. The molecule has 1 aliphatic rings. The third-order valence-corrected chi connectivity index (χ3v) is 4.41. The molecule has 0 unspecified atom stereocenters. The molecule has 0 amide bonds. The summed E-state index contributed by atoms with van der Waals surface area (Å²) < 4.78 is 0. The van der Waals surface area contributed by atoms with Gasteiger partial charge in [0.1, 0.15) is 5.82 Å². The van der Waals surface area contributed by atoms with E-state index < -0.39 is 5.97 Å². The maximum atomic E-state index is 11.3. The summed E-state index contributed by atoms with van der Waals surface area (Å²) in [6.07, 6.45) is 4.87. The lowest BCUT2D eigenvalue weighted by atomic mass is 10.1. The molecule has 3 aromatic rings. The molecule has 0 saturated carbocycles. The molecule has 7 heteroatoms. The summed E-state index contributed by atoms with van der Waals surface area (Å²) in [7, 11) is 0. The van der Waals surface area contributed by atoms with E-state index in [0.29, 0.717) is 5.39 Å². The zero-order valence-electron chi connectivity index (χ0n) is 13.5. The minimum atomic E-state index is -1.21. The molecule has 4 rings (SSSR count). The van der Waals surface area contributed by atoms with Crippen molar-refractivity contribution in [2.45, 2.75) is 0 Å². The van der Waals surface area contributed by atoms with Crippen molar-refractivity contribution in [3.63, 3.8) is 0 Å². The van der Waals surface area contributed by atoms with Crippen molar-refractivity contribution in [2.24, 2.45) is 0 Å².